The first-order valence-corrected chi connectivity index (χ1v) is 39.8. The van der Waals surface area contributed by atoms with Gasteiger partial charge in [-0.1, -0.05) is 289 Å². The van der Waals surface area contributed by atoms with Gasteiger partial charge in [0.15, 0.2) is 0 Å². The Labute approximate surface area is 601 Å². The summed E-state index contributed by atoms with van der Waals surface area (Å²) >= 11 is 0. The lowest BCUT2D eigenvalue weighted by atomic mass is 9.65. The molecule has 6 aromatic carbocycles. The van der Waals surface area contributed by atoms with Crippen LogP contribution in [-0.4, -0.2) is 37.6 Å². The summed E-state index contributed by atoms with van der Waals surface area (Å²) in [5.74, 6) is 10.3. The van der Waals surface area contributed by atoms with Gasteiger partial charge < -0.3 is 19.3 Å². The van der Waals surface area contributed by atoms with Crippen LogP contribution in [0.4, 0.5) is 0 Å². The smallest absolute Gasteiger partial charge is 0.0720 e. The second-order valence-electron chi connectivity index (χ2n) is 33.7. The second kappa shape index (κ2) is 40.1. The number of aliphatic hydroxyl groups is 1. The monoisotopic (exact) mass is 1330 g/mol. The van der Waals surface area contributed by atoms with Crippen LogP contribution in [0.15, 0.2) is 140 Å². The van der Waals surface area contributed by atoms with E-state index in [1.807, 2.05) is 14.2 Å². The third-order valence-corrected chi connectivity index (χ3v) is 24.0. The summed E-state index contributed by atoms with van der Waals surface area (Å²) in [7, 11) is 3.69. The van der Waals surface area contributed by atoms with Gasteiger partial charge in [0.1, 0.15) is 0 Å². The lowest BCUT2D eigenvalue weighted by molar-refractivity contribution is 0.00355. The highest BCUT2D eigenvalue weighted by Crippen LogP contribution is 2.47. The van der Waals surface area contributed by atoms with E-state index < -0.39 is 0 Å². The molecule has 7 aliphatic carbocycles. The SMILES string of the molecule is CC(C)C1CCCC1.CC(C)C1CCCC1OCc1ccccc1.CC(C)C1CCCc2ccccc21.CC(C)C1c2cc(CO)ccc2CCC1C.CC(C)c1cccc2c1CCCC2.COC1CC(C)(C)c2ccccc2C1C(C)C.COC1CCc2ccccc2C1C(C)C. The Balaban J connectivity index is 0.000000162. The molecule has 1 N–H and O–H groups in total. The van der Waals surface area contributed by atoms with E-state index >= 15 is 0 Å². The number of fused-ring (bicyclic) bond motifs is 5. The zero-order valence-corrected chi connectivity index (χ0v) is 65.6. The van der Waals surface area contributed by atoms with Gasteiger partial charge in [0.2, 0.25) is 0 Å². The number of aryl methyl sites for hydroxylation is 4. The molecule has 0 radical (unpaired) electrons. The van der Waals surface area contributed by atoms with Crippen LogP contribution in [0.1, 0.15) is 310 Å². The molecule has 0 saturated heterocycles. The van der Waals surface area contributed by atoms with Crippen molar-refractivity contribution in [1.82, 2.24) is 0 Å². The highest BCUT2D eigenvalue weighted by Gasteiger charge is 2.41. The van der Waals surface area contributed by atoms with Gasteiger partial charge in [-0.25, -0.2) is 0 Å². The Morgan fingerprint density at radius 2 is 0.980 bits per heavy atom. The summed E-state index contributed by atoms with van der Waals surface area (Å²) in [5.41, 5.74) is 19.6. The molecule has 9 atom stereocenters. The summed E-state index contributed by atoms with van der Waals surface area (Å²) in [6.07, 6.45) is 26.5. The quantitative estimate of drug-likeness (QED) is 0.125. The van der Waals surface area contributed by atoms with Crippen molar-refractivity contribution in [2.24, 2.45) is 53.3 Å². The van der Waals surface area contributed by atoms with Crippen molar-refractivity contribution in [3.63, 3.8) is 0 Å². The minimum Gasteiger partial charge on any atom is -0.392 e. The number of ether oxygens (including phenoxy) is 3. The number of hydrogen-bond donors (Lipinski definition) is 1. The highest BCUT2D eigenvalue weighted by atomic mass is 16.5. The Kier molecular flexibility index (Phi) is 32.9. The molecular weight excluding hydrogens is 1190 g/mol. The van der Waals surface area contributed by atoms with Crippen molar-refractivity contribution in [2.45, 2.75) is 306 Å². The first kappa shape index (κ1) is 80.5. The predicted octanol–water partition coefficient (Wildman–Crippen LogP) is 25.3. The van der Waals surface area contributed by atoms with Crippen molar-refractivity contribution < 1.29 is 19.3 Å². The van der Waals surface area contributed by atoms with Crippen molar-refractivity contribution >= 4 is 0 Å². The van der Waals surface area contributed by atoms with Crippen LogP contribution in [0.25, 0.3) is 0 Å². The normalized spacial score (nSPS) is 23.5. The third kappa shape index (κ3) is 22.6. The van der Waals surface area contributed by atoms with Gasteiger partial charge in [-0.3, -0.25) is 0 Å². The molecule has 4 heteroatoms. The number of hydrogen-bond acceptors (Lipinski definition) is 4. The van der Waals surface area contributed by atoms with Crippen LogP contribution < -0.4 is 0 Å². The molecule has 0 heterocycles. The molecule has 2 saturated carbocycles. The molecule has 0 bridgehead atoms. The zero-order valence-electron chi connectivity index (χ0n) is 65.6. The predicted molar refractivity (Wildman–Crippen MR) is 421 cm³/mol. The lowest BCUT2D eigenvalue weighted by Crippen LogP contribution is -2.39. The average Bonchev–Trinajstić information content (AvgIpc) is 0.878. The molecule has 6 aromatic rings. The Morgan fingerprint density at radius 1 is 0.418 bits per heavy atom. The molecule has 2 fully saturated rings. The van der Waals surface area contributed by atoms with Crippen LogP contribution in [0, 0.1) is 53.3 Å². The fourth-order valence-corrected chi connectivity index (χ4v) is 18.5. The zero-order chi connectivity index (χ0) is 71.1. The molecule has 4 nitrogen and oxygen atoms in total. The maximum atomic E-state index is 9.23. The maximum absolute atomic E-state index is 9.23. The van der Waals surface area contributed by atoms with Crippen LogP contribution in [0.3, 0.4) is 0 Å². The van der Waals surface area contributed by atoms with Crippen molar-refractivity contribution in [3.8, 4) is 0 Å². The molecule has 0 aromatic heterocycles. The molecular formula is C94H140O4. The van der Waals surface area contributed by atoms with E-state index in [1.165, 1.54) is 142 Å². The van der Waals surface area contributed by atoms with Crippen LogP contribution >= 0.6 is 0 Å². The van der Waals surface area contributed by atoms with Gasteiger partial charge >= 0.3 is 0 Å². The van der Waals surface area contributed by atoms with E-state index in [0.29, 0.717) is 59.7 Å². The van der Waals surface area contributed by atoms with E-state index in [0.717, 1.165) is 72.9 Å². The number of aliphatic hydroxyl groups excluding tert-OH is 1. The minimum atomic E-state index is 0.159. The van der Waals surface area contributed by atoms with Gasteiger partial charge in [0, 0.05) is 26.1 Å². The Morgan fingerprint density at radius 3 is 1.58 bits per heavy atom. The van der Waals surface area contributed by atoms with Crippen molar-refractivity contribution in [1.29, 1.82) is 0 Å². The third-order valence-electron chi connectivity index (χ3n) is 24.0. The molecule has 0 spiro atoms. The molecule has 0 amide bonds. The van der Waals surface area contributed by atoms with E-state index in [4.69, 9.17) is 14.2 Å². The maximum Gasteiger partial charge on any atom is 0.0720 e. The van der Waals surface area contributed by atoms with Crippen LogP contribution in [0.5, 0.6) is 0 Å². The second-order valence-corrected chi connectivity index (χ2v) is 33.7. The fourth-order valence-electron chi connectivity index (χ4n) is 18.5. The van der Waals surface area contributed by atoms with Gasteiger partial charge in [0.05, 0.1) is 31.5 Å². The van der Waals surface area contributed by atoms with Gasteiger partial charge in [-0.05, 0) is 239 Å². The molecule has 540 valence electrons. The Bertz CT molecular complexity index is 3210. The number of rotatable bonds is 13. The standard InChI is InChI=1S/C16H24O.2C15H22O.C14H20O.2C13H18.C8H16/c1-11(2)15-12-8-6-7-9-13(12)16(3,4)10-14(15)17-5;1-10(2)15-11(3)4-6-13-7-5-12(9-16)8-14(13)15;1-12(2)14-9-6-10-15(14)16-11-13-7-4-3-5-8-13;1-10(2)14-12-7-5-4-6-11(12)8-9-13(14)15-3;2*1-10(2)12-9-5-7-11-6-3-4-8-13(11)12;1-7(2)8-5-3-4-6-8/h6-9,11,14-15H,10H2,1-5H3;5,7-8,10-11,15-16H,4,6,9H2,1-3H3;3-5,7-8,12,14-15H,6,9-11H2,1-2H3;4-7,10,13-14H,8-9H2,1-3H3;5,7,9-10H,3-4,6,8H2,1-2H3;3-4,6,8,10,12H,5,7,9H2,1-2H3;7-8H,3-6H2,1-2H3. The van der Waals surface area contributed by atoms with E-state index in [-0.39, 0.29) is 12.0 Å². The van der Waals surface area contributed by atoms with Gasteiger partial charge in [0.25, 0.3) is 0 Å². The molecule has 13 rings (SSSR count). The molecule has 98 heavy (non-hydrogen) atoms. The topological polar surface area (TPSA) is 47.9 Å². The average molecular weight is 1330 g/mol. The van der Waals surface area contributed by atoms with Gasteiger partial charge in [-0.2, -0.15) is 0 Å². The minimum absolute atomic E-state index is 0.159. The summed E-state index contributed by atoms with van der Waals surface area (Å²) in [6.45, 7) is 40.3. The first-order valence-electron chi connectivity index (χ1n) is 39.8. The largest absolute Gasteiger partial charge is 0.392 e. The van der Waals surface area contributed by atoms with E-state index in [2.05, 4.69) is 257 Å². The van der Waals surface area contributed by atoms with Crippen molar-refractivity contribution in [3.05, 3.63) is 212 Å². The summed E-state index contributed by atoms with van der Waals surface area (Å²) in [6, 6.07) is 50.5. The van der Waals surface area contributed by atoms with Crippen molar-refractivity contribution in [2.75, 3.05) is 14.2 Å². The Hall–Kier alpha value is -4.84. The highest BCUT2D eigenvalue weighted by molar-refractivity contribution is 5.42. The van der Waals surface area contributed by atoms with E-state index in [1.54, 1.807) is 27.8 Å². The summed E-state index contributed by atoms with van der Waals surface area (Å²) < 4.78 is 17.4. The first-order chi connectivity index (χ1) is 47.0. The lowest BCUT2D eigenvalue weighted by Gasteiger charge is -2.43. The fraction of sp³-hybridized carbons (Fsp3) is 0.617. The molecule has 7 aliphatic rings. The molecule has 0 aliphatic heterocycles. The van der Waals surface area contributed by atoms with Gasteiger partial charge in [-0.15, -0.1) is 0 Å². The van der Waals surface area contributed by atoms with E-state index in [9.17, 15) is 5.11 Å². The number of methoxy groups -OCH3 is 2. The number of benzene rings is 6. The summed E-state index contributed by atoms with van der Waals surface area (Å²) in [5, 5.41) is 9.23. The van der Waals surface area contributed by atoms with Crippen LogP contribution in [0.2, 0.25) is 0 Å². The van der Waals surface area contributed by atoms with Crippen LogP contribution in [-0.2, 0) is 64.9 Å². The molecule has 9 unspecified atom stereocenters. The summed E-state index contributed by atoms with van der Waals surface area (Å²) in [4.78, 5) is 0.